The molecule has 1 heterocycles. The van der Waals surface area contributed by atoms with E-state index in [0.29, 0.717) is 6.42 Å². The van der Waals surface area contributed by atoms with E-state index in [2.05, 4.69) is 10.2 Å². The molecule has 16 heavy (non-hydrogen) atoms. The lowest BCUT2D eigenvalue weighted by atomic mass is 9.89. The third-order valence-electron chi connectivity index (χ3n) is 4.31. The molecular weight excluding hydrogens is 204 g/mol. The number of H-pyrrole nitrogens is 1. The van der Waals surface area contributed by atoms with Crippen LogP contribution >= 0.6 is 0 Å². The van der Waals surface area contributed by atoms with Gasteiger partial charge in [-0.05, 0) is 36.7 Å². The summed E-state index contributed by atoms with van der Waals surface area (Å²) in [5.74, 6) is -0.723. The second-order valence-electron chi connectivity index (χ2n) is 5.65. The number of hydrogen-bond donors (Lipinski definition) is 2. The van der Waals surface area contributed by atoms with Gasteiger partial charge in [-0.2, -0.15) is 5.10 Å². The van der Waals surface area contributed by atoms with Gasteiger partial charge in [-0.3, -0.25) is 9.89 Å². The molecule has 0 saturated heterocycles. The largest absolute Gasteiger partial charge is 0.481 e. The molecule has 2 N–H and O–H groups in total. The fourth-order valence-electron chi connectivity index (χ4n) is 3.16. The summed E-state index contributed by atoms with van der Waals surface area (Å²) in [6, 6.07) is 0. The lowest BCUT2D eigenvalue weighted by molar-refractivity contribution is -0.141. The standard InChI is InChI=1S/C12H16N2O2/c1-11(2)6-12(11,10(15)16)9-7-4-3-5-8(7)13-14-9/h3-6H2,1-2H3,(H,13,14)(H,15,16). The van der Waals surface area contributed by atoms with Crippen molar-refractivity contribution in [2.24, 2.45) is 5.41 Å². The number of carboxylic acids is 1. The van der Waals surface area contributed by atoms with Crippen LogP contribution in [0.3, 0.4) is 0 Å². The third kappa shape index (κ3) is 0.950. The van der Waals surface area contributed by atoms with Crippen LogP contribution in [0.4, 0.5) is 0 Å². The van der Waals surface area contributed by atoms with E-state index in [1.165, 1.54) is 5.56 Å². The molecule has 3 rings (SSSR count). The molecule has 0 aliphatic heterocycles. The molecule has 1 aromatic heterocycles. The van der Waals surface area contributed by atoms with Crippen LogP contribution in [0.1, 0.15) is 43.6 Å². The predicted molar refractivity (Wildman–Crippen MR) is 58.3 cm³/mol. The highest BCUT2D eigenvalue weighted by Gasteiger charge is 2.70. The Labute approximate surface area is 94.1 Å². The highest BCUT2D eigenvalue weighted by molar-refractivity contribution is 5.87. The molecule has 0 radical (unpaired) electrons. The number of nitrogens with one attached hydrogen (secondary N) is 1. The Hall–Kier alpha value is -1.32. The molecule has 86 valence electrons. The van der Waals surface area contributed by atoms with Crippen LogP contribution in [-0.2, 0) is 23.1 Å². The Kier molecular flexibility index (Phi) is 1.65. The predicted octanol–water partition coefficient (Wildman–Crippen LogP) is 1.65. The van der Waals surface area contributed by atoms with Crippen molar-refractivity contribution in [2.75, 3.05) is 0 Å². The molecule has 1 saturated carbocycles. The van der Waals surface area contributed by atoms with E-state index in [4.69, 9.17) is 0 Å². The Bertz CT molecular complexity index is 475. The van der Waals surface area contributed by atoms with E-state index >= 15 is 0 Å². The van der Waals surface area contributed by atoms with Crippen molar-refractivity contribution < 1.29 is 9.90 Å². The Balaban J connectivity index is 2.13. The molecule has 4 nitrogen and oxygen atoms in total. The molecule has 1 fully saturated rings. The minimum absolute atomic E-state index is 0.162. The molecule has 0 amide bonds. The van der Waals surface area contributed by atoms with Gasteiger partial charge in [-0.25, -0.2) is 0 Å². The van der Waals surface area contributed by atoms with Gasteiger partial charge in [-0.1, -0.05) is 13.8 Å². The maximum atomic E-state index is 11.5. The molecule has 1 aromatic rings. The summed E-state index contributed by atoms with van der Waals surface area (Å²) in [4.78, 5) is 11.5. The van der Waals surface area contributed by atoms with Crippen molar-refractivity contribution in [3.8, 4) is 0 Å². The molecule has 0 aromatic carbocycles. The summed E-state index contributed by atoms with van der Waals surface area (Å²) in [7, 11) is 0. The van der Waals surface area contributed by atoms with Gasteiger partial charge < -0.3 is 5.11 Å². The fourth-order valence-corrected chi connectivity index (χ4v) is 3.16. The summed E-state index contributed by atoms with van der Waals surface area (Å²) in [6.45, 7) is 4.02. The van der Waals surface area contributed by atoms with Crippen LogP contribution in [0.2, 0.25) is 0 Å². The zero-order chi connectivity index (χ0) is 11.6. The summed E-state index contributed by atoms with van der Waals surface area (Å²) in [6.07, 6.45) is 3.81. The lowest BCUT2D eigenvalue weighted by Crippen LogP contribution is -2.27. The lowest BCUT2D eigenvalue weighted by Gasteiger charge is -2.14. The Morgan fingerprint density at radius 3 is 2.69 bits per heavy atom. The van der Waals surface area contributed by atoms with Gasteiger partial charge in [0.05, 0.1) is 5.69 Å². The number of fused-ring (bicyclic) bond motifs is 1. The van der Waals surface area contributed by atoms with Gasteiger partial charge in [-0.15, -0.1) is 0 Å². The molecule has 2 aliphatic rings. The highest BCUT2D eigenvalue weighted by Crippen LogP contribution is 2.65. The molecule has 2 aliphatic carbocycles. The van der Waals surface area contributed by atoms with Gasteiger partial charge >= 0.3 is 5.97 Å². The van der Waals surface area contributed by atoms with Gasteiger partial charge in [0.2, 0.25) is 0 Å². The van der Waals surface area contributed by atoms with Crippen molar-refractivity contribution in [3.05, 3.63) is 17.0 Å². The first-order valence-electron chi connectivity index (χ1n) is 5.79. The molecule has 0 spiro atoms. The van der Waals surface area contributed by atoms with E-state index in [0.717, 1.165) is 30.7 Å². The van der Waals surface area contributed by atoms with Gasteiger partial charge in [0, 0.05) is 5.69 Å². The topological polar surface area (TPSA) is 66.0 Å². The number of aliphatic carboxylic acids is 1. The smallest absolute Gasteiger partial charge is 0.316 e. The Morgan fingerprint density at radius 2 is 2.12 bits per heavy atom. The van der Waals surface area contributed by atoms with Gasteiger partial charge in [0.25, 0.3) is 0 Å². The van der Waals surface area contributed by atoms with Gasteiger partial charge in [0.1, 0.15) is 5.41 Å². The summed E-state index contributed by atoms with van der Waals surface area (Å²) in [5.41, 5.74) is 2.23. The van der Waals surface area contributed by atoms with Crippen molar-refractivity contribution in [2.45, 2.75) is 44.9 Å². The second kappa shape index (κ2) is 2.67. The first-order valence-corrected chi connectivity index (χ1v) is 5.79. The average Bonchev–Trinajstić information content (AvgIpc) is 2.54. The van der Waals surface area contributed by atoms with E-state index in [9.17, 15) is 9.90 Å². The van der Waals surface area contributed by atoms with E-state index in [1.54, 1.807) is 0 Å². The number of aromatic nitrogens is 2. The summed E-state index contributed by atoms with van der Waals surface area (Å²) in [5, 5.41) is 16.8. The SMILES string of the molecule is CC1(C)CC1(C(=O)O)c1n[nH]c2c1CCC2. The number of carboxylic acid groups (broad SMARTS) is 1. The molecular formula is C12H16N2O2. The highest BCUT2D eigenvalue weighted by atomic mass is 16.4. The van der Waals surface area contributed by atoms with Crippen molar-refractivity contribution in [1.29, 1.82) is 0 Å². The van der Waals surface area contributed by atoms with Crippen LogP contribution < -0.4 is 0 Å². The van der Waals surface area contributed by atoms with Crippen LogP contribution in [-0.4, -0.2) is 21.3 Å². The molecule has 0 bridgehead atoms. The van der Waals surface area contributed by atoms with E-state index in [1.807, 2.05) is 13.8 Å². The maximum Gasteiger partial charge on any atom is 0.316 e. The normalized spacial score (nSPS) is 30.1. The minimum Gasteiger partial charge on any atom is -0.481 e. The van der Waals surface area contributed by atoms with Crippen LogP contribution in [0, 0.1) is 5.41 Å². The van der Waals surface area contributed by atoms with Crippen molar-refractivity contribution in [1.82, 2.24) is 10.2 Å². The average molecular weight is 220 g/mol. The van der Waals surface area contributed by atoms with E-state index < -0.39 is 11.4 Å². The number of carbonyl (C=O) groups is 1. The quantitative estimate of drug-likeness (QED) is 0.796. The maximum absolute atomic E-state index is 11.5. The Morgan fingerprint density at radius 1 is 1.44 bits per heavy atom. The number of aromatic amines is 1. The fraction of sp³-hybridized carbons (Fsp3) is 0.667. The molecule has 4 heteroatoms. The van der Waals surface area contributed by atoms with Crippen molar-refractivity contribution in [3.63, 3.8) is 0 Å². The number of rotatable bonds is 2. The monoisotopic (exact) mass is 220 g/mol. The zero-order valence-electron chi connectivity index (χ0n) is 9.63. The van der Waals surface area contributed by atoms with Crippen molar-refractivity contribution >= 4 is 5.97 Å². The molecule has 1 unspecified atom stereocenters. The van der Waals surface area contributed by atoms with Crippen LogP contribution in [0.15, 0.2) is 0 Å². The summed E-state index contributed by atoms with van der Waals surface area (Å²) >= 11 is 0. The molecule has 1 atom stereocenters. The van der Waals surface area contributed by atoms with Crippen LogP contribution in [0.5, 0.6) is 0 Å². The number of nitrogens with zero attached hydrogens (tertiary/aromatic N) is 1. The first-order chi connectivity index (χ1) is 7.49. The summed E-state index contributed by atoms with van der Waals surface area (Å²) < 4.78 is 0. The van der Waals surface area contributed by atoms with Crippen LogP contribution in [0.25, 0.3) is 0 Å². The van der Waals surface area contributed by atoms with E-state index in [-0.39, 0.29) is 5.41 Å². The zero-order valence-corrected chi connectivity index (χ0v) is 9.63. The number of hydrogen-bond acceptors (Lipinski definition) is 2. The second-order valence-corrected chi connectivity index (χ2v) is 5.65. The first kappa shape index (κ1) is 9.87. The minimum atomic E-state index is -0.735. The number of aryl methyl sites for hydroxylation is 1. The van der Waals surface area contributed by atoms with Gasteiger partial charge in [0.15, 0.2) is 0 Å². The third-order valence-corrected chi connectivity index (χ3v) is 4.31.